The molecule has 2 heterocycles. The van der Waals surface area contributed by atoms with Gasteiger partial charge in [-0.1, -0.05) is 24.6 Å². The third-order valence-corrected chi connectivity index (χ3v) is 7.69. The number of benzene rings is 2. The van der Waals surface area contributed by atoms with E-state index in [-0.39, 0.29) is 5.91 Å². The van der Waals surface area contributed by atoms with Crippen LogP contribution in [0.2, 0.25) is 0 Å². The van der Waals surface area contributed by atoms with Crippen molar-refractivity contribution in [1.29, 1.82) is 0 Å². The zero-order valence-corrected chi connectivity index (χ0v) is 20.7. The maximum Gasteiger partial charge on any atom is 0.254 e. The highest BCUT2D eigenvalue weighted by Crippen LogP contribution is 2.42. The summed E-state index contributed by atoms with van der Waals surface area (Å²) < 4.78 is 5.18. The molecular formula is C28H35N5O2. The predicted molar refractivity (Wildman–Crippen MR) is 137 cm³/mol. The maximum absolute atomic E-state index is 13.6. The first kappa shape index (κ1) is 23.5. The molecule has 7 heteroatoms. The van der Waals surface area contributed by atoms with E-state index in [2.05, 4.69) is 46.4 Å². The number of nitrogens with zero attached hydrogens (tertiary/aromatic N) is 3. The molecule has 0 atom stereocenters. The molecule has 3 aromatic rings. The Morgan fingerprint density at radius 3 is 2.49 bits per heavy atom. The average molecular weight is 474 g/mol. The van der Waals surface area contributed by atoms with Crippen LogP contribution in [0.4, 0.5) is 5.69 Å². The predicted octanol–water partition coefficient (Wildman–Crippen LogP) is 4.84. The van der Waals surface area contributed by atoms with Crippen LogP contribution in [-0.4, -0.2) is 52.8 Å². The molecule has 0 radical (unpaired) electrons. The second-order valence-corrected chi connectivity index (χ2v) is 9.98. The monoisotopic (exact) mass is 473 g/mol. The van der Waals surface area contributed by atoms with Crippen LogP contribution in [0, 0.1) is 6.92 Å². The molecule has 2 aromatic carbocycles. The molecule has 3 N–H and O–H groups in total. The standard InChI is InChI=1S/C28H35N5O2/c1-18-16-24(21-4-3-5-21)25(27-30-26(31-32-27)12-15-35-2)17-23(18)28(34)33-13-10-20(11-14-33)19-6-8-22(29)9-7-19/h6-9,16-17,20-21H,3-5,10-15,29H2,1-2H3,(H,30,31,32). The van der Waals surface area contributed by atoms with Crippen molar-refractivity contribution in [2.45, 2.75) is 57.3 Å². The number of nitrogen functional groups attached to an aromatic ring is 1. The van der Waals surface area contributed by atoms with Crippen LogP contribution in [-0.2, 0) is 11.2 Å². The van der Waals surface area contributed by atoms with Crippen molar-refractivity contribution in [1.82, 2.24) is 20.1 Å². The van der Waals surface area contributed by atoms with Crippen molar-refractivity contribution in [2.75, 3.05) is 32.5 Å². The molecular weight excluding hydrogens is 438 g/mol. The van der Waals surface area contributed by atoms with E-state index in [0.29, 0.717) is 24.9 Å². The van der Waals surface area contributed by atoms with Gasteiger partial charge in [-0.2, -0.15) is 0 Å². The highest BCUT2D eigenvalue weighted by Gasteiger charge is 2.29. The second-order valence-electron chi connectivity index (χ2n) is 9.98. The number of anilines is 1. The lowest BCUT2D eigenvalue weighted by Crippen LogP contribution is -2.38. The Kier molecular flexibility index (Phi) is 6.86. The van der Waals surface area contributed by atoms with E-state index in [4.69, 9.17) is 10.5 Å². The molecule has 2 aliphatic rings. The van der Waals surface area contributed by atoms with Crippen molar-refractivity contribution in [3.05, 3.63) is 64.5 Å². The SMILES string of the molecule is COCCc1nnc(-c2cc(C(=O)N3CCC(c4ccc(N)cc4)CC3)c(C)cc2C2CCC2)[nH]1. The number of H-pyrrole nitrogens is 1. The number of rotatable bonds is 7. The van der Waals surface area contributed by atoms with E-state index in [1.165, 1.54) is 30.4 Å². The van der Waals surface area contributed by atoms with Crippen LogP contribution in [0.25, 0.3) is 11.4 Å². The minimum absolute atomic E-state index is 0.110. The Balaban J connectivity index is 1.37. The third kappa shape index (κ3) is 4.96. The molecule has 184 valence electrons. The number of nitrogens with two attached hydrogens (primary N) is 1. The number of carbonyl (C=O) groups is 1. The summed E-state index contributed by atoms with van der Waals surface area (Å²) in [6.07, 6.45) is 6.23. The number of hydrogen-bond acceptors (Lipinski definition) is 5. The van der Waals surface area contributed by atoms with Gasteiger partial charge >= 0.3 is 0 Å². The summed E-state index contributed by atoms with van der Waals surface area (Å²) in [5.74, 6) is 2.65. The first-order chi connectivity index (χ1) is 17.0. The number of methoxy groups -OCH3 is 1. The van der Waals surface area contributed by atoms with Crippen molar-refractivity contribution in [3.63, 3.8) is 0 Å². The van der Waals surface area contributed by atoms with E-state index in [1.807, 2.05) is 17.0 Å². The highest BCUT2D eigenvalue weighted by atomic mass is 16.5. The summed E-state index contributed by atoms with van der Waals surface area (Å²) in [4.78, 5) is 19.0. The molecule has 35 heavy (non-hydrogen) atoms. The molecule has 2 fully saturated rings. The number of piperidine rings is 1. The van der Waals surface area contributed by atoms with Gasteiger partial charge in [0.05, 0.1) is 6.61 Å². The Morgan fingerprint density at radius 1 is 1.09 bits per heavy atom. The van der Waals surface area contributed by atoms with Crippen molar-refractivity contribution in [2.24, 2.45) is 0 Å². The molecule has 0 bridgehead atoms. The second kappa shape index (κ2) is 10.2. The number of hydrogen-bond donors (Lipinski definition) is 2. The van der Waals surface area contributed by atoms with Gasteiger partial charge in [-0.25, -0.2) is 0 Å². The fourth-order valence-electron chi connectivity index (χ4n) is 5.31. The summed E-state index contributed by atoms with van der Waals surface area (Å²) in [6.45, 7) is 4.17. The number of carbonyl (C=O) groups excluding carboxylic acids is 1. The molecule has 1 aliphatic carbocycles. The number of aromatic nitrogens is 3. The minimum Gasteiger partial charge on any atom is -0.399 e. The summed E-state index contributed by atoms with van der Waals surface area (Å²) >= 11 is 0. The van der Waals surface area contributed by atoms with Gasteiger partial charge in [0.15, 0.2) is 5.82 Å². The Bertz CT molecular complexity index is 1170. The number of aromatic amines is 1. The van der Waals surface area contributed by atoms with Crippen LogP contribution in [0.1, 0.15) is 76.8 Å². The van der Waals surface area contributed by atoms with Crippen LogP contribution in [0.15, 0.2) is 36.4 Å². The lowest BCUT2D eigenvalue weighted by Gasteiger charge is -2.33. The first-order valence-corrected chi connectivity index (χ1v) is 12.7. The molecule has 0 unspecified atom stereocenters. The summed E-state index contributed by atoms with van der Waals surface area (Å²) in [6, 6.07) is 12.4. The van der Waals surface area contributed by atoms with E-state index in [1.54, 1.807) is 7.11 Å². The fraction of sp³-hybridized carbons (Fsp3) is 0.464. The van der Waals surface area contributed by atoms with E-state index < -0.39 is 0 Å². The van der Waals surface area contributed by atoms with Gasteiger partial charge in [-0.3, -0.25) is 4.79 Å². The zero-order chi connectivity index (χ0) is 24.4. The van der Waals surface area contributed by atoms with Crippen molar-refractivity contribution >= 4 is 11.6 Å². The lowest BCUT2D eigenvalue weighted by atomic mass is 9.77. The largest absolute Gasteiger partial charge is 0.399 e. The van der Waals surface area contributed by atoms with Gasteiger partial charge in [0, 0.05) is 43.4 Å². The van der Waals surface area contributed by atoms with Gasteiger partial charge in [-0.15, -0.1) is 10.2 Å². The minimum atomic E-state index is 0.110. The lowest BCUT2D eigenvalue weighted by molar-refractivity contribution is 0.0712. The quantitative estimate of drug-likeness (QED) is 0.479. The first-order valence-electron chi connectivity index (χ1n) is 12.7. The van der Waals surface area contributed by atoms with Crippen LogP contribution in [0.5, 0.6) is 0 Å². The number of nitrogens with one attached hydrogen (secondary N) is 1. The van der Waals surface area contributed by atoms with Crippen molar-refractivity contribution < 1.29 is 9.53 Å². The number of likely N-dealkylation sites (tertiary alicyclic amines) is 1. The summed E-state index contributed by atoms with van der Waals surface area (Å²) in [7, 11) is 1.68. The number of ether oxygens (including phenoxy) is 1. The molecule has 1 amide bonds. The molecule has 5 rings (SSSR count). The van der Waals surface area contributed by atoms with Gasteiger partial charge < -0.3 is 20.4 Å². The Labute approximate surface area is 207 Å². The zero-order valence-electron chi connectivity index (χ0n) is 20.7. The smallest absolute Gasteiger partial charge is 0.254 e. The molecule has 0 spiro atoms. The topological polar surface area (TPSA) is 97.1 Å². The normalized spacial score (nSPS) is 16.9. The Morgan fingerprint density at radius 2 is 1.83 bits per heavy atom. The number of aryl methyl sites for hydroxylation is 1. The highest BCUT2D eigenvalue weighted by molar-refractivity contribution is 5.97. The molecule has 1 aromatic heterocycles. The van der Waals surface area contributed by atoms with Gasteiger partial charge in [0.2, 0.25) is 0 Å². The van der Waals surface area contributed by atoms with E-state index >= 15 is 0 Å². The van der Waals surface area contributed by atoms with Crippen LogP contribution in [0.3, 0.4) is 0 Å². The molecule has 7 nitrogen and oxygen atoms in total. The van der Waals surface area contributed by atoms with Crippen LogP contribution >= 0.6 is 0 Å². The molecule has 1 saturated carbocycles. The third-order valence-electron chi connectivity index (χ3n) is 7.69. The molecule has 1 saturated heterocycles. The van der Waals surface area contributed by atoms with Crippen molar-refractivity contribution in [3.8, 4) is 11.4 Å². The summed E-state index contributed by atoms with van der Waals surface area (Å²) in [5, 5.41) is 8.75. The molecule has 1 aliphatic heterocycles. The number of amides is 1. The van der Waals surface area contributed by atoms with Gasteiger partial charge in [0.1, 0.15) is 5.82 Å². The van der Waals surface area contributed by atoms with Gasteiger partial charge in [0.25, 0.3) is 5.91 Å². The average Bonchev–Trinajstić information content (AvgIpc) is 3.31. The fourth-order valence-corrected chi connectivity index (χ4v) is 5.31. The summed E-state index contributed by atoms with van der Waals surface area (Å²) in [5.41, 5.74) is 12.0. The Hall–Kier alpha value is -3.19. The van der Waals surface area contributed by atoms with E-state index in [9.17, 15) is 4.79 Å². The van der Waals surface area contributed by atoms with Crippen LogP contribution < -0.4 is 5.73 Å². The van der Waals surface area contributed by atoms with E-state index in [0.717, 1.165) is 60.0 Å². The maximum atomic E-state index is 13.6. The van der Waals surface area contributed by atoms with Gasteiger partial charge in [-0.05, 0) is 79.3 Å².